The van der Waals surface area contributed by atoms with E-state index in [9.17, 15) is 9.59 Å². The minimum Gasteiger partial charge on any atom is -0.453 e. The number of nitrogens with zero attached hydrogens (tertiary/aromatic N) is 1. The van der Waals surface area contributed by atoms with E-state index in [-0.39, 0.29) is 5.91 Å². The van der Waals surface area contributed by atoms with E-state index in [2.05, 4.69) is 5.32 Å². The van der Waals surface area contributed by atoms with Crippen molar-refractivity contribution in [2.24, 2.45) is 0 Å². The fourth-order valence-electron chi connectivity index (χ4n) is 3.11. The number of nitrogens with one attached hydrogen (secondary N) is 1. The summed E-state index contributed by atoms with van der Waals surface area (Å²) in [6.45, 7) is 2.27. The number of benzene rings is 2. The average molecular weight is 359 g/mol. The zero-order valence-electron chi connectivity index (χ0n) is 14.1. The first-order valence-corrected chi connectivity index (χ1v) is 8.39. The molecule has 3 rings (SSSR count). The number of fused-ring (bicyclic) bond motifs is 1. The molecule has 0 aromatic heterocycles. The number of rotatable bonds is 2. The molecule has 1 aliphatic rings. The summed E-state index contributed by atoms with van der Waals surface area (Å²) in [6.07, 6.45) is 0.170. The van der Waals surface area contributed by atoms with Gasteiger partial charge in [-0.05, 0) is 42.2 Å². The zero-order valence-corrected chi connectivity index (χ0v) is 14.8. The Bertz CT molecular complexity index is 822. The molecule has 25 heavy (non-hydrogen) atoms. The van der Waals surface area contributed by atoms with Crippen LogP contribution >= 0.6 is 11.6 Å². The molecule has 0 radical (unpaired) electrons. The van der Waals surface area contributed by atoms with Crippen molar-refractivity contribution < 1.29 is 14.3 Å². The van der Waals surface area contributed by atoms with Gasteiger partial charge in [0.05, 0.1) is 7.11 Å². The topological polar surface area (TPSA) is 58.6 Å². The Balaban J connectivity index is 1.97. The minimum atomic E-state index is -0.740. The Labute approximate surface area is 151 Å². The van der Waals surface area contributed by atoms with Crippen LogP contribution in [-0.2, 0) is 16.0 Å². The lowest BCUT2D eigenvalue weighted by Gasteiger charge is -2.35. The van der Waals surface area contributed by atoms with Crippen LogP contribution in [0.2, 0.25) is 5.02 Å². The summed E-state index contributed by atoms with van der Waals surface area (Å²) < 4.78 is 4.86. The molecule has 0 bridgehead atoms. The highest BCUT2D eigenvalue weighted by Gasteiger charge is 2.36. The molecule has 0 fully saturated rings. The molecule has 1 unspecified atom stereocenters. The number of anilines is 1. The summed E-state index contributed by atoms with van der Waals surface area (Å²) >= 11 is 6.13. The van der Waals surface area contributed by atoms with Crippen LogP contribution in [0.1, 0.15) is 22.7 Å². The van der Waals surface area contributed by atoms with Crippen LogP contribution in [0.3, 0.4) is 0 Å². The standard InChI is InChI=1S/C19H19ClN2O3/c1-12-15(20)8-5-9-16(12)21-18(23)17-14-7-4-3-6-13(14)10-11-22(17)19(24)25-2/h3-9,17H,10-11H2,1-2H3,(H,21,23). The van der Waals surface area contributed by atoms with Gasteiger partial charge in [0.15, 0.2) is 0 Å². The van der Waals surface area contributed by atoms with Gasteiger partial charge in [-0.1, -0.05) is 41.9 Å². The lowest BCUT2D eigenvalue weighted by atomic mass is 9.92. The third-order valence-electron chi connectivity index (χ3n) is 4.47. The molecule has 1 N–H and O–H groups in total. The summed E-state index contributed by atoms with van der Waals surface area (Å²) in [6, 6.07) is 12.2. The maximum absolute atomic E-state index is 13.0. The fraction of sp³-hybridized carbons (Fsp3) is 0.263. The van der Waals surface area contributed by atoms with Gasteiger partial charge >= 0.3 is 6.09 Å². The highest BCUT2D eigenvalue weighted by Crippen LogP contribution is 2.32. The number of hydrogen-bond donors (Lipinski definition) is 1. The first-order chi connectivity index (χ1) is 12.0. The second-order valence-electron chi connectivity index (χ2n) is 5.92. The normalized spacial score (nSPS) is 16.1. The molecule has 2 amide bonds. The predicted octanol–water partition coefficient (Wildman–Crippen LogP) is 3.95. The van der Waals surface area contributed by atoms with Gasteiger partial charge in [0.1, 0.15) is 6.04 Å². The van der Waals surface area contributed by atoms with Crippen LogP contribution in [0.5, 0.6) is 0 Å². The molecule has 0 aliphatic carbocycles. The lowest BCUT2D eigenvalue weighted by Crippen LogP contribution is -2.45. The van der Waals surface area contributed by atoms with Gasteiger partial charge in [-0.3, -0.25) is 9.69 Å². The third kappa shape index (κ3) is 3.33. The number of ether oxygens (including phenoxy) is 1. The molecule has 5 nitrogen and oxygen atoms in total. The number of halogens is 1. The molecule has 1 heterocycles. The maximum atomic E-state index is 13.0. The van der Waals surface area contributed by atoms with Gasteiger partial charge in [-0.25, -0.2) is 4.79 Å². The van der Waals surface area contributed by atoms with Crippen LogP contribution in [0, 0.1) is 6.92 Å². The van der Waals surface area contributed by atoms with Crippen molar-refractivity contribution in [2.45, 2.75) is 19.4 Å². The van der Waals surface area contributed by atoms with E-state index in [1.165, 1.54) is 12.0 Å². The summed E-state index contributed by atoms with van der Waals surface area (Å²) in [5.41, 5.74) is 3.29. The van der Waals surface area contributed by atoms with Crippen molar-refractivity contribution in [3.05, 3.63) is 64.2 Å². The molecular weight excluding hydrogens is 340 g/mol. The Kier molecular flexibility index (Phi) is 4.95. The Hall–Kier alpha value is -2.53. The van der Waals surface area contributed by atoms with Gasteiger partial charge in [0, 0.05) is 17.3 Å². The number of carbonyl (C=O) groups excluding carboxylic acids is 2. The van der Waals surface area contributed by atoms with E-state index >= 15 is 0 Å². The Morgan fingerprint density at radius 2 is 1.96 bits per heavy atom. The molecule has 1 aliphatic heterocycles. The van der Waals surface area contributed by atoms with Crippen molar-refractivity contribution in [1.82, 2.24) is 4.90 Å². The summed E-state index contributed by atoms with van der Waals surface area (Å²) in [4.78, 5) is 26.6. The van der Waals surface area contributed by atoms with Crippen LogP contribution in [0.25, 0.3) is 0 Å². The third-order valence-corrected chi connectivity index (χ3v) is 4.88. The minimum absolute atomic E-state index is 0.289. The molecule has 0 saturated heterocycles. The van der Waals surface area contributed by atoms with Gasteiger partial charge in [-0.15, -0.1) is 0 Å². The van der Waals surface area contributed by atoms with E-state index in [1.807, 2.05) is 31.2 Å². The molecule has 1 atom stereocenters. The Morgan fingerprint density at radius 3 is 2.72 bits per heavy atom. The van der Waals surface area contributed by atoms with Gasteiger partial charge < -0.3 is 10.1 Å². The number of methoxy groups -OCH3 is 1. The van der Waals surface area contributed by atoms with E-state index < -0.39 is 12.1 Å². The SMILES string of the molecule is COC(=O)N1CCc2ccccc2C1C(=O)Nc1cccc(Cl)c1C. The fourth-order valence-corrected chi connectivity index (χ4v) is 3.28. The van der Waals surface area contributed by atoms with Crippen molar-refractivity contribution in [3.63, 3.8) is 0 Å². The quantitative estimate of drug-likeness (QED) is 0.884. The van der Waals surface area contributed by atoms with Crippen LogP contribution in [0.4, 0.5) is 10.5 Å². The molecule has 2 aromatic carbocycles. The van der Waals surface area contributed by atoms with Crippen LogP contribution in [0.15, 0.2) is 42.5 Å². The molecule has 6 heteroatoms. The predicted molar refractivity (Wildman–Crippen MR) is 96.8 cm³/mol. The summed E-state index contributed by atoms with van der Waals surface area (Å²) in [7, 11) is 1.32. The molecule has 130 valence electrons. The monoisotopic (exact) mass is 358 g/mol. The second-order valence-corrected chi connectivity index (χ2v) is 6.32. The van der Waals surface area contributed by atoms with Crippen molar-refractivity contribution in [1.29, 1.82) is 0 Å². The highest BCUT2D eigenvalue weighted by molar-refractivity contribution is 6.31. The first kappa shape index (κ1) is 17.3. The molecule has 0 spiro atoms. The van der Waals surface area contributed by atoms with Crippen molar-refractivity contribution in [3.8, 4) is 0 Å². The van der Waals surface area contributed by atoms with Crippen LogP contribution in [-0.4, -0.2) is 30.6 Å². The van der Waals surface area contributed by atoms with E-state index in [1.54, 1.807) is 18.2 Å². The second kappa shape index (κ2) is 7.15. The van der Waals surface area contributed by atoms with Gasteiger partial charge in [0.25, 0.3) is 5.91 Å². The van der Waals surface area contributed by atoms with Crippen molar-refractivity contribution in [2.75, 3.05) is 19.0 Å². The number of amides is 2. The van der Waals surface area contributed by atoms with E-state index in [0.29, 0.717) is 23.7 Å². The largest absolute Gasteiger partial charge is 0.453 e. The zero-order chi connectivity index (χ0) is 18.0. The summed E-state index contributed by atoms with van der Waals surface area (Å²) in [5, 5.41) is 3.47. The first-order valence-electron chi connectivity index (χ1n) is 8.01. The number of hydrogen-bond acceptors (Lipinski definition) is 3. The smallest absolute Gasteiger partial charge is 0.410 e. The van der Waals surface area contributed by atoms with Crippen molar-refractivity contribution >= 4 is 29.3 Å². The average Bonchev–Trinajstić information content (AvgIpc) is 2.63. The van der Waals surface area contributed by atoms with Gasteiger partial charge in [-0.2, -0.15) is 0 Å². The lowest BCUT2D eigenvalue weighted by molar-refractivity contribution is -0.121. The van der Waals surface area contributed by atoms with Crippen LogP contribution < -0.4 is 5.32 Å². The highest BCUT2D eigenvalue weighted by atomic mass is 35.5. The molecule has 2 aromatic rings. The number of carbonyl (C=O) groups is 2. The molecular formula is C19H19ClN2O3. The summed E-state index contributed by atoms with van der Waals surface area (Å²) in [5.74, 6) is -0.289. The maximum Gasteiger partial charge on any atom is 0.410 e. The Morgan fingerprint density at radius 1 is 1.20 bits per heavy atom. The molecule has 0 saturated carbocycles. The van der Waals surface area contributed by atoms with E-state index in [0.717, 1.165) is 16.7 Å². The van der Waals surface area contributed by atoms with Gasteiger partial charge in [0.2, 0.25) is 0 Å². The van der Waals surface area contributed by atoms with E-state index in [4.69, 9.17) is 16.3 Å².